The molecule has 0 radical (unpaired) electrons. The Morgan fingerprint density at radius 3 is 2.57 bits per heavy atom. The largest absolute Gasteiger partial charge is 0.324 e. The van der Waals surface area contributed by atoms with Crippen LogP contribution in [-0.4, -0.2) is 17.4 Å². The van der Waals surface area contributed by atoms with Crippen LogP contribution in [0.1, 0.15) is 35.7 Å². The number of fused-ring (bicyclic) bond motifs is 1. The van der Waals surface area contributed by atoms with E-state index in [0.717, 1.165) is 16.8 Å². The fourth-order valence-corrected chi connectivity index (χ4v) is 3.23. The van der Waals surface area contributed by atoms with E-state index in [4.69, 9.17) is 0 Å². The van der Waals surface area contributed by atoms with Gasteiger partial charge in [0.1, 0.15) is 6.04 Å². The van der Waals surface area contributed by atoms with Crippen molar-refractivity contribution >= 4 is 11.6 Å². The zero-order valence-electron chi connectivity index (χ0n) is 13.6. The van der Waals surface area contributed by atoms with E-state index in [9.17, 15) is 4.79 Å². The Bertz CT molecular complexity index is 721. The van der Waals surface area contributed by atoms with Gasteiger partial charge in [-0.05, 0) is 31.0 Å². The van der Waals surface area contributed by atoms with Crippen LogP contribution in [0.2, 0.25) is 0 Å². The zero-order valence-corrected chi connectivity index (χ0v) is 13.6. The molecule has 0 spiro atoms. The molecule has 2 aromatic rings. The number of nitrogens with zero attached hydrogens (tertiary/aromatic N) is 1. The third kappa shape index (κ3) is 2.92. The fraction of sp³-hybridized carbons (Fsp3) is 0.250. The normalized spacial score (nSPS) is 21.2. The summed E-state index contributed by atoms with van der Waals surface area (Å²) in [5.41, 5.74) is 4.23. The van der Waals surface area contributed by atoms with Crippen LogP contribution in [0, 0.1) is 6.92 Å². The molecular formula is C20H22N2O. The third-order valence-corrected chi connectivity index (χ3v) is 4.48. The van der Waals surface area contributed by atoms with E-state index in [1.54, 1.807) is 0 Å². The van der Waals surface area contributed by atoms with E-state index in [1.807, 2.05) is 36.4 Å². The number of para-hydroxylation sites is 1. The highest BCUT2D eigenvalue weighted by molar-refractivity contribution is 5.97. The topological polar surface area (TPSA) is 32.3 Å². The molecule has 3 rings (SSSR count). The average Bonchev–Trinajstić information content (AvgIpc) is 2.65. The van der Waals surface area contributed by atoms with Gasteiger partial charge in [-0.1, -0.05) is 54.1 Å². The van der Waals surface area contributed by atoms with E-state index in [2.05, 4.69) is 48.8 Å². The molecule has 2 unspecified atom stereocenters. The van der Waals surface area contributed by atoms with Gasteiger partial charge in [0.25, 0.3) is 0 Å². The van der Waals surface area contributed by atoms with Gasteiger partial charge in [0.15, 0.2) is 0 Å². The quantitative estimate of drug-likeness (QED) is 0.860. The standard InChI is InChI=1S/C20H22N2O/c1-4-13-22-15(3)17-7-5-6-8-18(17)21-20(23)19(22)16-11-9-14(2)10-12-16/h4-12,15,19H,1,13H2,2-3H3,(H,21,23). The molecule has 2 aromatic carbocycles. The van der Waals surface area contributed by atoms with Gasteiger partial charge in [-0.3, -0.25) is 9.69 Å². The fourth-order valence-electron chi connectivity index (χ4n) is 3.23. The Hall–Kier alpha value is -2.39. The predicted molar refractivity (Wildman–Crippen MR) is 94.3 cm³/mol. The Morgan fingerprint density at radius 2 is 1.87 bits per heavy atom. The number of aryl methyl sites for hydroxylation is 1. The van der Waals surface area contributed by atoms with Gasteiger partial charge in [0, 0.05) is 18.3 Å². The number of benzene rings is 2. The van der Waals surface area contributed by atoms with Crippen molar-refractivity contribution in [3.8, 4) is 0 Å². The Kier molecular flexibility index (Phi) is 4.30. The molecule has 1 aliphatic heterocycles. The van der Waals surface area contributed by atoms with Crippen molar-refractivity contribution in [2.75, 3.05) is 11.9 Å². The molecule has 1 heterocycles. The van der Waals surface area contributed by atoms with Gasteiger partial charge in [-0.15, -0.1) is 6.58 Å². The summed E-state index contributed by atoms with van der Waals surface area (Å²) in [4.78, 5) is 15.1. The van der Waals surface area contributed by atoms with E-state index >= 15 is 0 Å². The molecule has 3 heteroatoms. The zero-order chi connectivity index (χ0) is 16.4. The summed E-state index contributed by atoms with van der Waals surface area (Å²) in [6.07, 6.45) is 1.86. The SMILES string of the molecule is C=CCN1C(C)c2ccccc2NC(=O)C1c1ccc(C)cc1. The molecule has 0 aromatic heterocycles. The van der Waals surface area contributed by atoms with E-state index in [-0.39, 0.29) is 18.0 Å². The van der Waals surface area contributed by atoms with Crippen molar-refractivity contribution in [3.05, 3.63) is 77.9 Å². The number of amides is 1. The summed E-state index contributed by atoms with van der Waals surface area (Å²) in [5, 5.41) is 3.09. The molecular weight excluding hydrogens is 284 g/mol. The van der Waals surface area contributed by atoms with Crippen LogP contribution in [0.25, 0.3) is 0 Å². The first-order valence-corrected chi connectivity index (χ1v) is 7.95. The number of hydrogen-bond acceptors (Lipinski definition) is 2. The highest BCUT2D eigenvalue weighted by Gasteiger charge is 2.35. The van der Waals surface area contributed by atoms with Gasteiger partial charge < -0.3 is 5.32 Å². The number of carbonyl (C=O) groups is 1. The number of nitrogens with one attached hydrogen (secondary N) is 1. The van der Waals surface area contributed by atoms with Crippen molar-refractivity contribution in [2.24, 2.45) is 0 Å². The summed E-state index contributed by atoms with van der Waals surface area (Å²) in [7, 11) is 0. The van der Waals surface area contributed by atoms with Gasteiger partial charge in [0.05, 0.1) is 0 Å². The first-order valence-electron chi connectivity index (χ1n) is 7.95. The molecule has 2 atom stereocenters. The van der Waals surface area contributed by atoms with Gasteiger partial charge in [-0.25, -0.2) is 0 Å². The lowest BCUT2D eigenvalue weighted by atomic mass is 10.00. The Morgan fingerprint density at radius 1 is 1.17 bits per heavy atom. The maximum absolute atomic E-state index is 12.9. The van der Waals surface area contributed by atoms with Gasteiger partial charge in [0.2, 0.25) is 5.91 Å². The summed E-state index contributed by atoms with van der Waals surface area (Å²) in [5.74, 6) is 0.00695. The minimum Gasteiger partial charge on any atom is -0.324 e. The first-order chi connectivity index (χ1) is 11.1. The van der Waals surface area contributed by atoms with Crippen molar-refractivity contribution < 1.29 is 4.79 Å². The second-order valence-electron chi connectivity index (χ2n) is 6.05. The summed E-state index contributed by atoms with van der Waals surface area (Å²) < 4.78 is 0. The molecule has 1 amide bonds. The first kappa shape index (κ1) is 15.5. The lowest BCUT2D eigenvalue weighted by Crippen LogP contribution is -2.36. The maximum Gasteiger partial charge on any atom is 0.246 e. The van der Waals surface area contributed by atoms with E-state index in [1.165, 1.54) is 5.56 Å². The van der Waals surface area contributed by atoms with Crippen LogP contribution < -0.4 is 5.32 Å². The van der Waals surface area contributed by atoms with E-state index in [0.29, 0.717) is 6.54 Å². The maximum atomic E-state index is 12.9. The number of carbonyl (C=O) groups excluding carboxylic acids is 1. The van der Waals surface area contributed by atoms with Crippen LogP contribution in [0.4, 0.5) is 5.69 Å². The molecule has 118 valence electrons. The summed E-state index contributed by atoms with van der Waals surface area (Å²) in [6.45, 7) is 8.72. The second kappa shape index (κ2) is 6.39. The number of hydrogen-bond donors (Lipinski definition) is 1. The average molecular weight is 306 g/mol. The molecule has 0 bridgehead atoms. The Labute approximate surface area is 137 Å². The summed E-state index contributed by atoms with van der Waals surface area (Å²) in [6, 6.07) is 16.0. The van der Waals surface area contributed by atoms with Crippen LogP contribution in [0.3, 0.4) is 0 Å². The highest BCUT2D eigenvalue weighted by Crippen LogP contribution is 2.37. The lowest BCUT2D eigenvalue weighted by Gasteiger charge is -2.32. The number of anilines is 1. The minimum atomic E-state index is -0.323. The molecule has 0 fully saturated rings. The monoisotopic (exact) mass is 306 g/mol. The van der Waals surface area contributed by atoms with Crippen LogP contribution in [-0.2, 0) is 4.79 Å². The van der Waals surface area contributed by atoms with Crippen LogP contribution in [0.5, 0.6) is 0 Å². The highest BCUT2D eigenvalue weighted by atomic mass is 16.2. The molecule has 1 N–H and O–H groups in total. The molecule has 23 heavy (non-hydrogen) atoms. The van der Waals surface area contributed by atoms with Crippen molar-refractivity contribution in [1.29, 1.82) is 0 Å². The smallest absolute Gasteiger partial charge is 0.246 e. The van der Waals surface area contributed by atoms with E-state index < -0.39 is 0 Å². The van der Waals surface area contributed by atoms with Gasteiger partial charge in [-0.2, -0.15) is 0 Å². The molecule has 3 nitrogen and oxygen atoms in total. The van der Waals surface area contributed by atoms with Crippen molar-refractivity contribution in [3.63, 3.8) is 0 Å². The van der Waals surface area contributed by atoms with Crippen molar-refractivity contribution in [1.82, 2.24) is 4.90 Å². The van der Waals surface area contributed by atoms with Gasteiger partial charge >= 0.3 is 0 Å². The predicted octanol–water partition coefficient (Wildman–Crippen LogP) is 4.24. The molecule has 1 aliphatic rings. The van der Waals surface area contributed by atoms with Crippen LogP contribution >= 0.6 is 0 Å². The lowest BCUT2D eigenvalue weighted by molar-refractivity contribution is -0.121. The molecule has 0 saturated heterocycles. The number of rotatable bonds is 3. The third-order valence-electron chi connectivity index (χ3n) is 4.48. The Balaban J connectivity index is 2.09. The minimum absolute atomic E-state index is 0.00695. The van der Waals surface area contributed by atoms with Crippen molar-refractivity contribution in [2.45, 2.75) is 25.9 Å². The molecule has 0 aliphatic carbocycles. The molecule has 0 saturated carbocycles. The van der Waals surface area contributed by atoms with Crippen LogP contribution in [0.15, 0.2) is 61.2 Å². The summed E-state index contributed by atoms with van der Waals surface area (Å²) >= 11 is 0. The second-order valence-corrected chi connectivity index (χ2v) is 6.05.